The van der Waals surface area contributed by atoms with Crippen LogP contribution in [0, 0.1) is 6.92 Å². The van der Waals surface area contributed by atoms with Crippen molar-refractivity contribution in [3.8, 4) is 0 Å². The zero-order valence-corrected chi connectivity index (χ0v) is 11.6. The number of nitrogens with one attached hydrogen (secondary N) is 1. The Morgan fingerprint density at radius 3 is 2.33 bits per heavy atom. The predicted molar refractivity (Wildman–Crippen MR) is 77.3 cm³/mol. The first-order chi connectivity index (χ1) is 10.0. The highest BCUT2D eigenvalue weighted by molar-refractivity contribution is 5.94. The van der Waals surface area contributed by atoms with Crippen molar-refractivity contribution in [3.63, 3.8) is 0 Å². The summed E-state index contributed by atoms with van der Waals surface area (Å²) in [4.78, 5) is 11.8. The van der Waals surface area contributed by atoms with Crippen LogP contribution in [0.25, 0.3) is 0 Å². The number of benzene rings is 2. The summed E-state index contributed by atoms with van der Waals surface area (Å²) in [5.74, 6) is -0.774. The molecule has 1 aliphatic rings. The van der Waals surface area contributed by atoms with E-state index in [2.05, 4.69) is 5.32 Å². The Morgan fingerprint density at radius 1 is 1.14 bits per heavy atom. The minimum absolute atomic E-state index is 0.395. The fourth-order valence-corrected chi connectivity index (χ4v) is 2.64. The first-order valence-electron chi connectivity index (χ1n) is 6.83. The number of carbonyl (C=O) groups is 1. The van der Waals surface area contributed by atoms with Crippen LogP contribution in [-0.2, 0) is 4.79 Å². The minimum atomic E-state index is -2.34. The maximum absolute atomic E-state index is 15.2. The molecule has 0 aromatic heterocycles. The molecule has 3 nitrogen and oxygen atoms in total. The highest BCUT2D eigenvalue weighted by Gasteiger charge is 2.61. The molecule has 3 atom stereocenters. The third kappa shape index (κ3) is 2.12. The number of aliphatic hydroxyl groups excluding tert-OH is 1. The monoisotopic (exact) mass is 285 g/mol. The second kappa shape index (κ2) is 4.97. The van der Waals surface area contributed by atoms with Gasteiger partial charge in [-0.1, -0.05) is 60.2 Å². The third-order valence-electron chi connectivity index (χ3n) is 3.97. The Morgan fingerprint density at radius 2 is 1.76 bits per heavy atom. The minimum Gasteiger partial charge on any atom is -0.384 e. The van der Waals surface area contributed by atoms with E-state index >= 15 is 4.39 Å². The van der Waals surface area contributed by atoms with Gasteiger partial charge in [0, 0.05) is 0 Å². The number of carbonyl (C=O) groups excluding carboxylic acids is 1. The van der Waals surface area contributed by atoms with E-state index in [4.69, 9.17) is 0 Å². The van der Waals surface area contributed by atoms with Gasteiger partial charge < -0.3 is 10.4 Å². The van der Waals surface area contributed by atoms with Gasteiger partial charge in [-0.15, -0.1) is 0 Å². The number of aliphatic hydroxyl groups is 1. The molecule has 2 aromatic carbocycles. The van der Waals surface area contributed by atoms with Crippen LogP contribution < -0.4 is 5.32 Å². The summed E-state index contributed by atoms with van der Waals surface area (Å²) >= 11 is 0. The van der Waals surface area contributed by atoms with Gasteiger partial charge >= 0.3 is 0 Å². The molecule has 1 fully saturated rings. The lowest BCUT2D eigenvalue weighted by Gasteiger charge is -2.45. The van der Waals surface area contributed by atoms with Crippen molar-refractivity contribution in [2.75, 3.05) is 0 Å². The van der Waals surface area contributed by atoms with Gasteiger partial charge in [0.2, 0.25) is 5.67 Å². The molecule has 1 heterocycles. The van der Waals surface area contributed by atoms with Gasteiger partial charge in [0.1, 0.15) is 12.1 Å². The zero-order chi connectivity index (χ0) is 15.0. The lowest BCUT2D eigenvalue weighted by Crippen LogP contribution is -2.66. The number of aryl methyl sites for hydroxylation is 1. The van der Waals surface area contributed by atoms with Gasteiger partial charge in [-0.2, -0.15) is 0 Å². The summed E-state index contributed by atoms with van der Waals surface area (Å²) in [6.07, 6.45) is -1.49. The molecule has 0 saturated carbocycles. The lowest BCUT2D eigenvalue weighted by molar-refractivity contribution is -0.164. The summed E-state index contributed by atoms with van der Waals surface area (Å²) in [5.41, 5.74) is -0.238. The van der Waals surface area contributed by atoms with Gasteiger partial charge in [0.15, 0.2) is 0 Å². The van der Waals surface area contributed by atoms with Gasteiger partial charge in [0.25, 0.3) is 5.91 Å². The van der Waals surface area contributed by atoms with Crippen molar-refractivity contribution in [3.05, 3.63) is 71.3 Å². The van der Waals surface area contributed by atoms with Crippen LogP contribution in [0.15, 0.2) is 54.6 Å². The number of hydrogen-bond acceptors (Lipinski definition) is 2. The Bertz CT molecular complexity index is 656. The first-order valence-corrected chi connectivity index (χ1v) is 6.83. The maximum atomic E-state index is 15.2. The molecule has 2 aromatic rings. The lowest BCUT2D eigenvalue weighted by atomic mass is 9.76. The van der Waals surface area contributed by atoms with Gasteiger partial charge in [-0.25, -0.2) is 4.39 Å². The van der Waals surface area contributed by atoms with Gasteiger partial charge in [0.05, 0.1) is 0 Å². The molecule has 4 heteroatoms. The summed E-state index contributed by atoms with van der Waals surface area (Å²) in [7, 11) is 0. The van der Waals surface area contributed by atoms with E-state index in [0.29, 0.717) is 11.1 Å². The Kier molecular flexibility index (Phi) is 3.26. The molecule has 0 spiro atoms. The topological polar surface area (TPSA) is 49.3 Å². The Labute approximate surface area is 122 Å². The second-order valence-electron chi connectivity index (χ2n) is 5.40. The normalized spacial score (nSPS) is 25.9. The van der Waals surface area contributed by atoms with Crippen molar-refractivity contribution in [2.24, 2.45) is 0 Å². The number of alkyl halides is 1. The molecule has 2 N–H and O–H groups in total. The molecule has 0 bridgehead atoms. The molecule has 21 heavy (non-hydrogen) atoms. The number of amides is 1. The standard InChI is InChI=1S/C17H16FNO2/c1-11-7-9-12(10-8-11)14-17(18,16(21)19-14)15(20)13-5-3-2-4-6-13/h2-10,14-15,20H,1H3,(H,19,21)/t14-,15-,17-/m0/s1. The average molecular weight is 285 g/mol. The third-order valence-corrected chi connectivity index (χ3v) is 3.97. The van der Waals surface area contributed by atoms with E-state index in [0.717, 1.165) is 5.56 Å². The molecule has 1 aliphatic heterocycles. The largest absolute Gasteiger partial charge is 0.384 e. The molecule has 3 rings (SSSR count). The highest BCUT2D eigenvalue weighted by Crippen LogP contribution is 2.46. The average Bonchev–Trinajstić information content (AvgIpc) is 2.53. The van der Waals surface area contributed by atoms with E-state index < -0.39 is 23.7 Å². The van der Waals surface area contributed by atoms with Crippen LogP contribution in [0.5, 0.6) is 0 Å². The highest BCUT2D eigenvalue weighted by atomic mass is 19.1. The molecule has 1 saturated heterocycles. The summed E-state index contributed by atoms with van der Waals surface area (Å²) in [5, 5.41) is 12.9. The summed E-state index contributed by atoms with van der Waals surface area (Å²) in [6.45, 7) is 1.94. The Hall–Kier alpha value is -2.20. The Balaban J connectivity index is 1.94. The van der Waals surface area contributed by atoms with Crippen LogP contribution in [0.3, 0.4) is 0 Å². The van der Waals surface area contributed by atoms with E-state index in [9.17, 15) is 9.90 Å². The molecular weight excluding hydrogens is 269 g/mol. The maximum Gasteiger partial charge on any atom is 0.263 e. The van der Waals surface area contributed by atoms with Crippen molar-refractivity contribution in [1.82, 2.24) is 5.32 Å². The molecular formula is C17H16FNO2. The number of hydrogen-bond donors (Lipinski definition) is 2. The predicted octanol–water partition coefficient (Wildman–Crippen LogP) is 2.61. The number of halogens is 1. The smallest absolute Gasteiger partial charge is 0.263 e. The number of rotatable bonds is 3. The molecule has 1 amide bonds. The quantitative estimate of drug-likeness (QED) is 0.852. The summed E-state index contributed by atoms with van der Waals surface area (Å²) in [6, 6.07) is 14.8. The van der Waals surface area contributed by atoms with Gasteiger partial charge in [-0.3, -0.25) is 4.79 Å². The van der Waals surface area contributed by atoms with E-state index in [1.165, 1.54) is 0 Å². The fraction of sp³-hybridized carbons (Fsp3) is 0.235. The van der Waals surface area contributed by atoms with E-state index in [1.54, 1.807) is 42.5 Å². The van der Waals surface area contributed by atoms with Crippen molar-refractivity contribution < 1.29 is 14.3 Å². The molecule has 0 unspecified atom stereocenters. The van der Waals surface area contributed by atoms with E-state index in [1.807, 2.05) is 19.1 Å². The molecule has 0 aliphatic carbocycles. The van der Waals surface area contributed by atoms with Gasteiger partial charge in [-0.05, 0) is 18.1 Å². The fourth-order valence-electron chi connectivity index (χ4n) is 2.64. The molecule has 0 radical (unpaired) electrons. The van der Waals surface area contributed by atoms with Crippen LogP contribution in [-0.4, -0.2) is 16.7 Å². The van der Waals surface area contributed by atoms with Crippen molar-refractivity contribution in [1.29, 1.82) is 0 Å². The van der Waals surface area contributed by atoms with Crippen LogP contribution in [0.1, 0.15) is 28.8 Å². The van der Waals surface area contributed by atoms with Crippen LogP contribution in [0.2, 0.25) is 0 Å². The van der Waals surface area contributed by atoms with Crippen LogP contribution >= 0.6 is 0 Å². The summed E-state index contributed by atoms with van der Waals surface area (Å²) < 4.78 is 15.2. The van der Waals surface area contributed by atoms with Crippen LogP contribution in [0.4, 0.5) is 4.39 Å². The van der Waals surface area contributed by atoms with Crippen molar-refractivity contribution in [2.45, 2.75) is 24.7 Å². The SMILES string of the molecule is Cc1ccc([C@@H]2NC(=O)[C@@]2(F)[C@@H](O)c2ccccc2)cc1. The van der Waals surface area contributed by atoms with E-state index in [-0.39, 0.29) is 0 Å². The second-order valence-corrected chi connectivity index (χ2v) is 5.40. The molecule has 108 valence electrons. The van der Waals surface area contributed by atoms with Crippen molar-refractivity contribution >= 4 is 5.91 Å². The zero-order valence-electron chi connectivity index (χ0n) is 11.6. The first kappa shape index (κ1) is 13.8. The number of β-lactam (4-membered cyclic amide) rings is 1.